The average molecular weight is 378 g/mol. The molecule has 0 saturated heterocycles. The van der Waals surface area contributed by atoms with Crippen molar-refractivity contribution in [1.29, 1.82) is 0 Å². The maximum Gasteiger partial charge on any atom is 0.260 e. The molecular formula is C18H20BrNO3. The van der Waals surface area contributed by atoms with Crippen molar-refractivity contribution in [3.63, 3.8) is 0 Å². The molecular weight excluding hydrogens is 358 g/mol. The molecule has 0 aromatic heterocycles. The van der Waals surface area contributed by atoms with Crippen LogP contribution in [-0.4, -0.2) is 31.6 Å². The number of aryl methyl sites for hydroxylation is 1. The minimum Gasteiger partial charge on any atom is -0.496 e. The van der Waals surface area contributed by atoms with Crippen LogP contribution in [0.15, 0.2) is 46.9 Å². The van der Waals surface area contributed by atoms with E-state index in [1.54, 1.807) is 19.1 Å². The van der Waals surface area contributed by atoms with Gasteiger partial charge in [-0.3, -0.25) is 4.79 Å². The van der Waals surface area contributed by atoms with E-state index in [0.29, 0.717) is 12.3 Å². The number of hydrogen-bond acceptors (Lipinski definition) is 3. The summed E-state index contributed by atoms with van der Waals surface area (Å²) in [6.45, 7) is 2.49. The van der Waals surface area contributed by atoms with E-state index in [-0.39, 0.29) is 12.5 Å². The Morgan fingerprint density at radius 2 is 2.00 bits per heavy atom. The van der Waals surface area contributed by atoms with E-state index in [1.165, 1.54) is 0 Å². The minimum absolute atomic E-state index is 0.00108. The van der Waals surface area contributed by atoms with Crippen molar-refractivity contribution in [2.75, 3.05) is 20.8 Å². The van der Waals surface area contributed by atoms with E-state index < -0.39 is 0 Å². The number of rotatable bonds is 6. The van der Waals surface area contributed by atoms with Crippen molar-refractivity contribution in [2.45, 2.75) is 13.5 Å². The number of carbonyl (C=O) groups is 1. The molecule has 0 aliphatic carbocycles. The fraction of sp³-hybridized carbons (Fsp3) is 0.278. The molecule has 0 spiro atoms. The predicted molar refractivity (Wildman–Crippen MR) is 93.8 cm³/mol. The molecule has 0 saturated carbocycles. The largest absolute Gasteiger partial charge is 0.496 e. The fourth-order valence-electron chi connectivity index (χ4n) is 2.19. The zero-order chi connectivity index (χ0) is 16.8. The second-order valence-corrected chi connectivity index (χ2v) is 6.23. The molecule has 23 heavy (non-hydrogen) atoms. The lowest BCUT2D eigenvalue weighted by Gasteiger charge is -2.19. The maximum absolute atomic E-state index is 12.2. The van der Waals surface area contributed by atoms with Gasteiger partial charge in [-0.15, -0.1) is 0 Å². The highest BCUT2D eigenvalue weighted by atomic mass is 79.9. The quantitative estimate of drug-likeness (QED) is 0.768. The molecule has 122 valence electrons. The minimum atomic E-state index is -0.0893. The number of ether oxygens (including phenoxy) is 2. The molecule has 0 atom stereocenters. The Morgan fingerprint density at radius 3 is 2.70 bits per heavy atom. The number of amides is 1. The van der Waals surface area contributed by atoms with Crippen molar-refractivity contribution in [3.05, 3.63) is 58.1 Å². The van der Waals surface area contributed by atoms with Crippen LogP contribution in [0.25, 0.3) is 0 Å². The molecule has 4 nitrogen and oxygen atoms in total. The van der Waals surface area contributed by atoms with Crippen molar-refractivity contribution < 1.29 is 14.3 Å². The Hall–Kier alpha value is -2.01. The Bertz CT molecular complexity index is 688. The molecule has 2 rings (SSSR count). The third-order valence-corrected chi connectivity index (χ3v) is 3.92. The van der Waals surface area contributed by atoms with Crippen molar-refractivity contribution in [3.8, 4) is 11.5 Å². The van der Waals surface area contributed by atoms with Crippen LogP contribution < -0.4 is 9.47 Å². The summed E-state index contributed by atoms with van der Waals surface area (Å²) in [5, 5.41) is 0. The van der Waals surface area contributed by atoms with Crippen LogP contribution in [0, 0.1) is 6.92 Å². The van der Waals surface area contributed by atoms with Crippen LogP contribution in [0.3, 0.4) is 0 Å². The van der Waals surface area contributed by atoms with E-state index in [1.807, 2.05) is 49.4 Å². The molecule has 2 aromatic rings. The first-order valence-corrected chi connectivity index (χ1v) is 8.04. The number of hydrogen-bond donors (Lipinski definition) is 0. The molecule has 0 fully saturated rings. The average Bonchev–Trinajstić information content (AvgIpc) is 2.53. The summed E-state index contributed by atoms with van der Waals surface area (Å²) in [5.41, 5.74) is 2.11. The van der Waals surface area contributed by atoms with Crippen LogP contribution in [-0.2, 0) is 11.3 Å². The van der Waals surface area contributed by atoms with E-state index in [0.717, 1.165) is 21.3 Å². The summed E-state index contributed by atoms with van der Waals surface area (Å²) in [7, 11) is 3.39. The molecule has 0 unspecified atom stereocenters. The monoisotopic (exact) mass is 377 g/mol. The van der Waals surface area contributed by atoms with E-state index in [2.05, 4.69) is 15.9 Å². The number of methoxy groups -OCH3 is 1. The molecule has 0 N–H and O–H groups in total. The third kappa shape index (κ3) is 4.99. The highest BCUT2D eigenvalue weighted by molar-refractivity contribution is 9.10. The Morgan fingerprint density at radius 1 is 1.22 bits per heavy atom. The molecule has 0 aliphatic rings. The van der Waals surface area contributed by atoms with Crippen LogP contribution in [0.2, 0.25) is 0 Å². The molecule has 5 heteroatoms. The van der Waals surface area contributed by atoms with Gasteiger partial charge in [0.2, 0.25) is 0 Å². The third-order valence-electron chi connectivity index (χ3n) is 3.43. The summed E-state index contributed by atoms with van der Waals surface area (Å²) >= 11 is 3.38. The summed E-state index contributed by atoms with van der Waals surface area (Å²) in [4.78, 5) is 13.9. The molecule has 0 bridgehead atoms. The Kier molecular flexibility index (Phi) is 6.04. The highest BCUT2D eigenvalue weighted by Gasteiger charge is 2.13. The Balaban J connectivity index is 1.96. The summed E-state index contributed by atoms with van der Waals surface area (Å²) < 4.78 is 11.8. The smallest absolute Gasteiger partial charge is 0.260 e. The SMILES string of the molecule is COc1ccc(C)cc1CN(C)C(=O)COc1cccc(Br)c1. The zero-order valence-corrected chi connectivity index (χ0v) is 15.1. The Labute approximate surface area is 145 Å². The van der Waals surface area contributed by atoms with Gasteiger partial charge in [0.1, 0.15) is 11.5 Å². The molecule has 2 aromatic carbocycles. The van der Waals surface area contributed by atoms with Crippen molar-refractivity contribution in [2.24, 2.45) is 0 Å². The lowest BCUT2D eigenvalue weighted by molar-refractivity contribution is -0.132. The highest BCUT2D eigenvalue weighted by Crippen LogP contribution is 2.21. The molecule has 1 amide bonds. The van der Waals surface area contributed by atoms with Gasteiger partial charge < -0.3 is 14.4 Å². The van der Waals surface area contributed by atoms with Gasteiger partial charge in [-0.2, -0.15) is 0 Å². The number of halogens is 1. The lowest BCUT2D eigenvalue weighted by Crippen LogP contribution is -2.31. The summed E-state index contributed by atoms with van der Waals surface area (Å²) in [6, 6.07) is 13.4. The first-order chi connectivity index (χ1) is 11.0. The number of carbonyl (C=O) groups excluding carboxylic acids is 1. The maximum atomic E-state index is 12.2. The number of benzene rings is 2. The van der Waals surface area contributed by atoms with Gasteiger partial charge in [-0.25, -0.2) is 0 Å². The lowest BCUT2D eigenvalue weighted by atomic mass is 10.1. The number of nitrogens with zero attached hydrogens (tertiary/aromatic N) is 1. The second-order valence-electron chi connectivity index (χ2n) is 5.31. The van der Waals surface area contributed by atoms with Crippen LogP contribution >= 0.6 is 15.9 Å². The van der Waals surface area contributed by atoms with Gasteiger partial charge in [-0.05, 0) is 31.2 Å². The summed E-state index contributed by atoms with van der Waals surface area (Å²) in [5.74, 6) is 1.35. The first kappa shape index (κ1) is 17.3. The van der Waals surface area contributed by atoms with E-state index in [9.17, 15) is 4.79 Å². The predicted octanol–water partition coefficient (Wildman–Crippen LogP) is 3.80. The molecule has 0 heterocycles. The zero-order valence-electron chi connectivity index (χ0n) is 13.5. The fourth-order valence-corrected chi connectivity index (χ4v) is 2.56. The van der Waals surface area contributed by atoms with Gasteiger partial charge in [0.15, 0.2) is 6.61 Å². The van der Waals surface area contributed by atoms with Crippen molar-refractivity contribution in [1.82, 2.24) is 4.90 Å². The normalized spacial score (nSPS) is 10.3. The van der Waals surface area contributed by atoms with Crippen LogP contribution in [0.4, 0.5) is 0 Å². The van der Waals surface area contributed by atoms with Gasteiger partial charge in [-0.1, -0.05) is 39.7 Å². The standard InChI is InChI=1S/C18H20BrNO3/c1-13-7-8-17(22-3)14(9-13)11-20(2)18(21)12-23-16-6-4-5-15(19)10-16/h4-10H,11-12H2,1-3H3. The van der Waals surface area contributed by atoms with E-state index >= 15 is 0 Å². The molecule has 0 radical (unpaired) electrons. The van der Waals surface area contributed by atoms with Gasteiger partial charge in [0, 0.05) is 23.6 Å². The van der Waals surface area contributed by atoms with Crippen LogP contribution in [0.1, 0.15) is 11.1 Å². The van der Waals surface area contributed by atoms with Gasteiger partial charge >= 0.3 is 0 Å². The first-order valence-electron chi connectivity index (χ1n) is 7.25. The summed E-state index contributed by atoms with van der Waals surface area (Å²) in [6.07, 6.45) is 0. The van der Waals surface area contributed by atoms with E-state index in [4.69, 9.17) is 9.47 Å². The second kappa shape index (κ2) is 8.02. The van der Waals surface area contributed by atoms with Gasteiger partial charge in [0.05, 0.1) is 7.11 Å². The van der Waals surface area contributed by atoms with Crippen LogP contribution in [0.5, 0.6) is 11.5 Å². The molecule has 0 aliphatic heterocycles. The van der Waals surface area contributed by atoms with Crippen molar-refractivity contribution >= 4 is 21.8 Å². The topological polar surface area (TPSA) is 38.8 Å². The van der Waals surface area contributed by atoms with Gasteiger partial charge in [0.25, 0.3) is 5.91 Å². The number of likely N-dealkylation sites (N-methyl/N-ethyl adjacent to an activating group) is 1.